The highest BCUT2D eigenvalue weighted by Gasteiger charge is 2.50. The van der Waals surface area contributed by atoms with Gasteiger partial charge in [0.1, 0.15) is 5.70 Å². The van der Waals surface area contributed by atoms with Gasteiger partial charge >= 0.3 is 0 Å². The number of carbonyl (C=O) groups is 1. The summed E-state index contributed by atoms with van der Waals surface area (Å²) in [7, 11) is 0. The molecule has 3 aliphatic rings. The van der Waals surface area contributed by atoms with Crippen molar-refractivity contribution in [1.82, 2.24) is 9.47 Å². The molecule has 1 fully saturated rings. The van der Waals surface area contributed by atoms with Crippen LogP contribution < -0.4 is 0 Å². The molecule has 0 bridgehead atoms. The third kappa shape index (κ3) is 1.69. The summed E-state index contributed by atoms with van der Waals surface area (Å²) in [4.78, 5) is 14.9. The van der Waals surface area contributed by atoms with E-state index < -0.39 is 0 Å². The Morgan fingerprint density at radius 1 is 1.33 bits per heavy atom. The van der Waals surface area contributed by atoms with Crippen LogP contribution in [0.5, 0.6) is 0 Å². The Kier molecular flexibility index (Phi) is 3.05. The Morgan fingerprint density at radius 2 is 2.17 bits per heavy atom. The second-order valence-corrected chi connectivity index (χ2v) is 7.74. The van der Waals surface area contributed by atoms with Crippen LogP contribution >= 0.6 is 11.6 Å². The van der Waals surface area contributed by atoms with Crippen LogP contribution in [0.1, 0.15) is 43.5 Å². The highest BCUT2D eigenvalue weighted by atomic mass is 35.5. The molecule has 124 valence electrons. The predicted octanol–water partition coefficient (Wildman–Crippen LogP) is 4.35. The van der Waals surface area contributed by atoms with Gasteiger partial charge in [-0.2, -0.15) is 0 Å². The van der Waals surface area contributed by atoms with Crippen LogP contribution in [-0.2, 0) is 11.2 Å². The highest BCUT2D eigenvalue weighted by Crippen LogP contribution is 2.57. The number of fused-ring (bicyclic) bond motifs is 3. The first-order valence-electron chi connectivity index (χ1n) is 8.95. The Bertz CT molecular complexity index is 896. The van der Waals surface area contributed by atoms with E-state index in [1.54, 1.807) is 0 Å². The fourth-order valence-electron chi connectivity index (χ4n) is 5.42. The highest BCUT2D eigenvalue weighted by molar-refractivity contribution is 6.73. The summed E-state index contributed by atoms with van der Waals surface area (Å²) in [6, 6.07) is 8.84. The second kappa shape index (κ2) is 4.96. The van der Waals surface area contributed by atoms with Crippen LogP contribution in [-0.4, -0.2) is 27.8 Å². The molecule has 2 atom stereocenters. The van der Waals surface area contributed by atoms with Gasteiger partial charge in [0.25, 0.3) is 5.24 Å². The molecular weight excluding hydrogens is 320 g/mol. The maximum Gasteiger partial charge on any atom is 0.268 e. The Balaban J connectivity index is 1.92. The Morgan fingerprint density at radius 3 is 2.96 bits per heavy atom. The fraction of sp³-hybridized carbons (Fsp3) is 0.450. The maximum atomic E-state index is 12.3. The van der Waals surface area contributed by atoms with Crippen molar-refractivity contribution in [2.45, 2.75) is 38.6 Å². The predicted molar refractivity (Wildman–Crippen MR) is 97.0 cm³/mol. The van der Waals surface area contributed by atoms with Gasteiger partial charge in [-0.1, -0.05) is 25.1 Å². The number of aromatic nitrogens is 1. The largest absolute Gasteiger partial charge is 0.308 e. The lowest BCUT2D eigenvalue weighted by Crippen LogP contribution is -2.50. The van der Waals surface area contributed by atoms with Gasteiger partial charge in [-0.25, -0.2) is 0 Å². The van der Waals surface area contributed by atoms with E-state index in [9.17, 15) is 4.79 Å². The summed E-state index contributed by atoms with van der Waals surface area (Å²) >= 11 is 6.06. The number of hydrogen-bond donors (Lipinski definition) is 0. The summed E-state index contributed by atoms with van der Waals surface area (Å²) in [5, 5.41) is 0.945. The number of halogens is 1. The van der Waals surface area contributed by atoms with Gasteiger partial charge < -0.3 is 4.57 Å². The van der Waals surface area contributed by atoms with Crippen molar-refractivity contribution in [2.24, 2.45) is 5.41 Å². The zero-order valence-electron chi connectivity index (χ0n) is 13.9. The zero-order valence-corrected chi connectivity index (χ0v) is 14.6. The van der Waals surface area contributed by atoms with Gasteiger partial charge in [-0.3, -0.25) is 9.69 Å². The normalized spacial score (nSPS) is 28.6. The van der Waals surface area contributed by atoms with Crippen LogP contribution in [0.15, 0.2) is 30.3 Å². The van der Waals surface area contributed by atoms with Crippen molar-refractivity contribution in [2.75, 3.05) is 13.1 Å². The van der Waals surface area contributed by atoms with Crippen LogP contribution in [0.2, 0.25) is 0 Å². The molecule has 1 aromatic carbocycles. The molecule has 5 rings (SSSR count). The number of allylic oxidation sites excluding steroid dienone is 1. The number of carbonyl (C=O) groups excluding carboxylic acids is 1. The first kappa shape index (κ1) is 14.7. The molecular formula is C20H21ClN2O. The Hall–Kier alpha value is -1.58. The SMILES string of the molecule is CC[C@]12C=C(C(=O)Cl)n3c4c(c5ccccc53)CCN(CCC1)[C@H]42. The number of para-hydroxylation sites is 1. The van der Waals surface area contributed by atoms with E-state index in [1.165, 1.54) is 23.1 Å². The molecule has 4 heteroatoms. The number of piperidine rings is 1. The molecule has 0 radical (unpaired) electrons. The van der Waals surface area contributed by atoms with Crippen molar-refractivity contribution < 1.29 is 4.79 Å². The van der Waals surface area contributed by atoms with E-state index in [0.29, 0.717) is 11.7 Å². The molecule has 1 aromatic heterocycles. The standard InChI is InChI=1S/C20H21ClN2O/c1-2-20-9-5-10-22-11-8-14-13-6-3-4-7-15(13)23(17(14)18(20)22)16(12-20)19(21)24/h3-4,6-7,12,18H,2,5,8-11H2,1H3/t18-,20-/m1/s1. The lowest BCUT2D eigenvalue weighted by molar-refractivity contribution is -0.107. The molecule has 2 aromatic rings. The molecule has 0 amide bonds. The lowest BCUT2D eigenvalue weighted by atomic mass is 9.66. The third-order valence-corrected chi connectivity index (χ3v) is 6.64. The molecule has 24 heavy (non-hydrogen) atoms. The minimum absolute atomic E-state index is 0.0394. The van der Waals surface area contributed by atoms with Gasteiger partial charge in [-0.05, 0) is 61.5 Å². The summed E-state index contributed by atoms with van der Waals surface area (Å²) in [6.07, 6.45) is 6.64. The van der Waals surface area contributed by atoms with Gasteiger partial charge in [0.05, 0.1) is 11.6 Å². The summed E-state index contributed by atoms with van der Waals surface area (Å²) in [5.74, 6) is 0. The Labute approximate surface area is 146 Å². The quantitative estimate of drug-likeness (QED) is 0.759. The lowest BCUT2D eigenvalue weighted by Gasteiger charge is -2.53. The van der Waals surface area contributed by atoms with Gasteiger partial charge in [0, 0.05) is 23.0 Å². The third-order valence-electron chi connectivity index (χ3n) is 6.45. The van der Waals surface area contributed by atoms with Crippen LogP contribution in [0.4, 0.5) is 0 Å². The molecule has 4 heterocycles. The molecule has 1 saturated heterocycles. The molecule has 0 N–H and O–H groups in total. The van der Waals surface area contributed by atoms with Crippen molar-refractivity contribution in [3.8, 4) is 0 Å². The number of rotatable bonds is 2. The number of nitrogens with zero attached hydrogens (tertiary/aromatic N) is 2. The van der Waals surface area contributed by atoms with E-state index in [4.69, 9.17) is 11.6 Å². The van der Waals surface area contributed by atoms with Crippen LogP contribution in [0, 0.1) is 5.41 Å². The van der Waals surface area contributed by atoms with Gasteiger partial charge in [0.15, 0.2) is 0 Å². The van der Waals surface area contributed by atoms with Crippen molar-refractivity contribution >= 4 is 33.4 Å². The van der Waals surface area contributed by atoms with Crippen molar-refractivity contribution in [1.29, 1.82) is 0 Å². The van der Waals surface area contributed by atoms with Crippen LogP contribution in [0.25, 0.3) is 16.6 Å². The van der Waals surface area contributed by atoms with Gasteiger partial charge in [0.2, 0.25) is 0 Å². The topological polar surface area (TPSA) is 25.2 Å². The summed E-state index contributed by atoms with van der Waals surface area (Å²) < 4.78 is 2.16. The van der Waals surface area contributed by atoms with Crippen molar-refractivity contribution in [3.63, 3.8) is 0 Å². The monoisotopic (exact) mass is 340 g/mol. The van der Waals surface area contributed by atoms with E-state index in [0.717, 1.165) is 37.9 Å². The summed E-state index contributed by atoms with van der Waals surface area (Å²) in [6.45, 7) is 4.53. The van der Waals surface area contributed by atoms with E-state index in [1.807, 2.05) is 6.07 Å². The molecule has 0 aliphatic carbocycles. The minimum atomic E-state index is -0.340. The van der Waals surface area contributed by atoms with E-state index in [2.05, 4.69) is 40.7 Å². The number of hydrogen-bond acceptors (Lipinski definition) is 2. The minimum Gasteiger partial charge on any atom is -0.308 e. The average Bonchev–Trinajstić information content (AvgIpc) is 2.95. The molecule has 0 spiro atoms. The summed E-state index contributed by atoms with van der Waals surface area (Å²) in [5.41, 5.74) is 4.58. The molecule has 0 unspecified atom stereocenters. The fourth-order valence-corrected chi connectivity index (χ4v) is 5.56. The zero-order chi connectivity index (χ0) is 16.5. The first-order valence-corrected chi connectivity index (χ1v) is 9.33. The average molecular weight is 341 g/mol. The van der Waals surface area contributed by atoms with E-state index >= 15 is 0 Å². The smallest absolute Gasteiger partial charge is 0.268 e. The number of benzene rings is 1. The first-order chi connectivity index (χ1) is 11.7. The molecule has 3 nitrogen and oxygen atoms in total. The molecule has 0 saturated carbocycles. The van der Waals surface area contributed by atoms with Gasteiger partial charge in [-0.15, -0.1) is 0 Å². The van der Waals surface area contributed by atoms with E-state index in [-0.39, 0.29) is 10.7 Å². The van der Waals surface area contributed by atoms with Crippen LogP contribution in [0.3, 0.4) is 0 Å². The molecule has 3 aliphatic heterocycles. The van der Waals surface area contributed by atoms with Crippen molar-refractivity contribution in [3.05, 3.63) is 41.6 Å². The maximum absolute atomic E-state index is 12.3. The second-order valence-electron chi connectivity index (χ2n) is 7.40.